The van der Waals surface area contributed by atoms with Crippen molar-refractivity contribution in [1.29, 1.82) is 5.26 Å². The molecule has 0 atom stereocenters. The van der Waals surface area contributed by atoms with E-state index in [4.69, 9.17) is 10.00 Å². The third kappa shape index (κ3) is 5.99. The summed E-state index contributed by atoms with van der Waals surface area (Å²) >= 11 is 0. The Morgan fingerprint density at radius 2 is 1.64 bits per heavy atom. The van der Waals surface area contributed by atoms with E-state index in [9.17, 15) is 9.59 Å². The van der Waals surface area contributed by atoms with Crippen LogP contribution in [-0.2, 0) is 22.6 Å². The monoisotopic (exact) mass is 337 g/mol. The first-order chi connectivity index (χ1) is 12.1. The summed E-state index contributed by atoms with van der Waals surface area (Å²) in [5.41, 5.74) is 2.47. The van der Waals surface area contributed by atoms with Crippen molar-refractivity contribution in [3.8, 4) is 11.8 Å². The van der Waals surface area contributed by atoms with Crippen molar-refractivity contribution in [2.24, 2.45) is 0 Å². The van der Waals surface area contributed by atoms with Gasteiger partial charge in [0.2, 0.25) is 11.8 Å². The van der Waals surface area contributed by atoms with E-state index in [1.54, 1.807) is 25.3 Å². The van der Waals surface area contributed by atoms with Crippen LogP contribution in [0.4, 0.5) is 5.69 Å². The average molecular weight is 337 g/mol. The van der Waals surface area contributed by atoms with Crippen LogP contribution in [-0.4, -0.2) is 18.9 Å². The lowest BCUT2D eigenvalue weighted by Crippen LogP contribution is -2.21. The van der Waals surface area contributed by atoms with Gasteiger partial charge in [0.25, 0.3) is 0 Å². The van der Waals surface area contributed by atoms with E-state index in [2.05, 4.69) is 10.6 Å². The lowest BCUT2D eigenvalue weighted by molar-refractivity contribution is -0.120. The Morgan fingerprint density at radius 3 is 2.24 bits per heavy atom. The summed E-state index contributed by atoms with van der Waals surface area (Å²) in [5, 5.41) is 13.9. The van der Waals surface area contributed by atoms with E-state index in [1.807, 2.05) is 36.4 Å². The molecular formula is C19H19N3O3. The van der Waals surface area contributed by atoms with Crippen molar-refractivity contribution in [1.82, 2.24) is 5.32 Å². The highest BCUT2D eigenvalue weighted by Gasteiger charge is 2.05. The van der Waals surface area contributed by atoms with Crippen LogP contribution in [0.2, 0.25) is 0 Å². The van der Waals surface area contributed by atoms with Gasteiger partial charge in [-0.3, -0.25) is 9.59 Å². The van der Waals surface area contributed by atoms with Gasteiger partial charge in [-0.2, -0.15) is 5.26 Å². The Bertz CT molecular complexity index is 762. The van der Waals surface area contributed by atoms with Crippen LogP contribution in [0.5, 0.6) is 5.75 Å². The minimum Gasteiger partial charge on any atom is -0.497 e. The summed E-state index contributed by atoms with van der Waals surface area (Å²) in [4.78, 5) is 23.3. The van der Waals surface area contributed by atoms with Crippen LogP contribution in [0, 0.1) is 11.3 Å². The summed E-state index contributed by atoms with van der Waals surface area (Å²) < 4.78 is 5.09. The lowest BCUT2D eigenvalue weighted by Gasteiger charge is -2.08. The van der Waals surface area contributed by atoms with Crippen LogP contribution < -0.4 is 15.4 Å². The fourth-order valence-corrected chi connectivity index (χ4v) is 2.17. The highest BCUT2D eigenvalue weighted by Crippen LogP contribution is 2.13. The Balaban J connectivity index is 1.84. The third-order valence-electron chi connectivity index (χ3n) is 3.49. The maximum Gasteiger partial charge on any atom is 0.234 e. The lowest BCUT2D eigenvalue weighted by atomic mass is 10.1. The number of hydrogen-bond donors (Lipinski definition) is 2. The van der Waals surface area contributed by atoms with Gasteiger partial charge < -0.3 is 15.4 Å². The summed E-state index contributed by atoms with van der Waals surface area (Å²) in [6, 6.07) is 16.3. The molecule has 2 N–H and O–H groups in total. The minimum atomic E-state index is -0.306. The SMILES string of the molecule is COc1ccc(CC(=O)Nc2ccc(CNC(=O)CC#N)cc2)cc1. The number of anilines is 1. The van der Waals surface area contributed by atoms with Gasteiger partial charge in [0, 0.05) is 12.2 Å². The normalized spacial score (nSPS) is 9.76. The summed E-state index contributed by atoms with van der Waals surface area (Å²) in [6.07, 6.45) is 0.121. The number of nitrogens with zero attached hydrogens (tertiary/aromatic N) is 1. The molecule has 0 bridgehead atoms. The van der Waals surface area contributed by atoms with E-state index >= 15 is 0 Å². The van der Waals surface area contributed by atoms with E-state index in [1.165, 1.54) is 0 Å². The van der Waals surface area contributed by atoms with Crippen molar-refractivity contribution in [2.75, 3.05) is 12.4 Å². The molecule has 0 heterocycles. The molecule has 128 valence electrons. The highest BCUT2D eigenvalue weighted by molar-refractivity contribution is 5.92. The van der Waals surface area contributed by atoms with Crippen molar-refractivity contribution in [2.45, 2.75) is 19.4 Å². The average Bonchev–Trinajstić information content (AvgIpc) is 2.62. The predicted molar refractivity (Wildman–Crippen MR) is 93.8 cm³/mol. The number of nitrogens with one attached hydrogen (secondary N) is 2. The molecule has 0 aromatic heterocycles. The second kappa shape index (κ2) is 9.08. The number of methoxy groups -OCH3 is 1. The van der Waals surface area contributed by atoms with Crippen molar-refractivity contribution < 1.29 is 14.3 Å². The molecule has 2 rings (SSSR count). The number of carbonyl (C=O) groups excluding carboxylic acids is 2. The molecule has 0 saturated heterocycles. The Kier molecular flexibility index (Phi) is 6.55. The fraction of sp³-hybridized carbons (Fsp3) is 0.211. The molecule has 0 radical (unpaired) electrons. The molecule has 6 nitrogen and oxygen atoms in total. The summed E-state index contributed by atoms with van der Waals surface area (Å²) in [5.74, 6) is 0.334. The van der Waals surface area contributed by atoms with Gasteiger partial charge in [0.1, 0.15) is 12.2 Å². The number of benzene rings is 2. The summed E-state index contributed by atoms with van der Waals surface area (Å²) in [7, 11) is 1.60. The Morgan fingerprint density at radius 1 is 1.00 bits per heavy atom. The molecule has 6 heteroatoms. The van der Waals surface area contributed by atoms with Gasteiger partial charge >= 0.3 is 0 Å². The number of ether oxygens (including phenoxy) is 1. The molecule has 0 saturated carbocycles. The second-order valence-electron chi connectivity index (χ2n) is 5.38. The van der Waals surface area contributed by atoms with Gasteiger partial charge in [-0.25, -0.2) is 0 Å². The zero-order valence-corrected chi connectivity index (χ0v) is 13.9. The molecule has 0 fully saturated rings. The molecule has 0 aliphatic heterocycles. The molecule has 2 aromatic rings. The Labute approximate surface area is 146 Å². The number of nitriles is 1. The molecule has 2 amide bonds. The first kappa shape index (κ1) is 18.0. The van der Waals surface area contributed by atoms with Gasteiger partial charge in [-0.1, -0.05) is 24.3 Å². The number of amides is 2. The van der Waals surface area contributed by atoms with Crippen LogP contribution in [0.1, 0.15) is 17.5 Å². The van der Waals surface area contributed by atoms with E-state index in [0.29, 0.717) is 12.2 Å². The minimum absolute atomic E-state index is 0.111. The highest BCUT2D eigenvalue weighted by atomic mass is 16.5. The molecule has 0 unspecified atom stereocenters. The topological polar surface area (TPSA) is 91.2 Å². The first-order valence-corrected chi connectivity index (χ1v) is 7.76. The molecule has 2 aromatic carbocycles. The summed E-state index contributed by atoms with van der Waals surface area (Å²) in [6.45, 7) is 0.348. The van der Waals surface area contributed by atoms with Crippen LogP contribution in [0.25, 0.3) is 0 Å². The molecule has 0 aliphatic carbocycles. The van der Waals surface area contributed by atoms with E-state index in [0.717, 1.165) is 16.9 Å². The molecule has 0 spiro atoms. The molecule has 25 heavy (non-hydrogen) atoms. The standard InChI is InChI=1S/C19H19N3O3/c1-25-17-8-4-14(5-9-17)12-19(24)22-16-6-2-15(3-7-16)13-21-18(23)10-11-20/h2-9H,10,12-13H2,1H3,(H,21,23)(H,22,24). The number of hydrogen-bond acceptors (Lipinski definition) is 4. The number of rotatable bonds is 7. The van der Waals surface area contributed by atoms with E-state index < -0.39 is 0 Å². The smallest absolute Gasteiger partial charge is 0.234 e. The van der Waals surface area contributed by atoms with Crippen LogP contribution in [0.3, 0.4) is 0 Å². The van der Waals surface area contributed by atoms with Crippen molar-refractivity contribution in [3.63, 3.8) is 0 Å². The number of carbonyl (C=O) groups is 2. The van der Waals surface area contributed by atoms with Crippen LogP contribution >= 0.6 is 0 Å². The predicted octanol–water partition coefficient (Wildman–Crippen LogP) is 2.41. The maximum atomic E-state index is 12.1. The van der Waals surface area contributed by atoms with Gasteiger partial charge in [-0.15, -0.1) is 0 Å². The van der Waals surface area contributed by atoms with Gasteiger partial charge in [0.05, 0.1) is 19.6 Å². The van der Waals surface area contributed by atoms with Gasteiger partial charge in [-0.05, 0) is 35.4 Å². The van der Waals surface area contributed by atoms with Crippen molar-refractivity contribution >= 4 is 17.5 Å². The van der Waals surface area contributed by atoms with Gasteiger partial charge in [0.15, 0.2) is 0 Å². The largest absolute Gasteiger partial charge is 0.497 e. The Hall–Kier alpha value is -3.33. The first-order valence-electron chi connectivity index (χ1n) is 7.76. The quantitative estimate of drug-likeness (QED) is 0.811. The van der Waals surface area contributed by atoms with E-state index in [-0.39, 0.29) is 24.7 Å². The molecule has 0 aliphatic rings. The third-order valence-corrected chi connectivity index (χ3v) is 3.49. The zero-order valence-electron chi connectivity index (χ0n) is 13.9. The molecular weight excluding hydrogens is 318 g/mol. The van der Waals surface area contributed by atoms with Crippen LogP contribution in [0.15, 0.2) is 48.5 Å². The van der Waals surface area contributed by atoms with Crippen molar-refractivity contribution in [3.05, 3.63) is 59.7 Å². The second-order valence-corrected chi connectivity index (χ2v) is 5.38. The maximum absolute atomic E-state index is 12.1. The fourth-order valence-electron chi connectivity index (χ4n) is 2.17. The zero-order chi connectivity index (χ0) is 18.1.